The van der Waals surface area contributed by atoms with Gasteiger partial charge in [0.2, 0.25) is 0 Å². The van der Waals surface area contributed by atoms with Gasteiger partial charge < -0.3 is 14.4 Å². The number of nitrogens with zero attached hydrogens (tertiary/aromatic N) is 1. The maximum Gasteiger partial charge on any atom is 0.260 e. The van der Waals surface area contributed by atoms with Crippen LogP contribution < -0.4 is 4.74 Å². The molecule has 2 aliphatic rings. The lowest BCUT2D eigenvalue weighted by Gasteiger charge is -2.47. The van der Waals surface area contributed by atoms with Crippen molar-refractivity contribution in [3.05, 3.63) is 29.8 Å². The second-order valence-corrected chi connectivity index (χ2v) is 7.35. The van der Waals surface area contributed by atoms with Crippen LogP contribution >= 0.6 is 11.8 Å². The van der Waals surface area contributed by atoms with E-state index in [2.05, 4.69) is 0 Å². The van der Waals surface area contributed by atoms with Crippen LogP contribution in [0, 0.1) is 6.92 Å². The van der Waals surface area contributed by atoms with Crippen LogP contribution in [0.5, 0.6) is 5.75 Å². The maximum absolute atomic E-state index is 12.2. The second kappa shape index (κ2) is 5.89. The first-order valence-electron chi connectivity index (χ1n) is 7.25. The smallest absolute Gasteiger partial charge is 0.260 e. The molecule has 2 saturated heterocycles. The number of carbonyl (C=O) groups is 1. The van der Waals surface area contributed by atoms with Crippen LogP contribution in [-0.4, -0.2) is 54.2 Å². The molecule has 0 saturated carbocycles. The quantitative estimate of drug-likeness (QED) is 0.854. The fourth-order valence-electron chi connectivity index (χ4n) is 2.95. The molecule has 0 N–H and O–H groups in total. The Hall–Kier alpha value is -1.20. The first-order valence-corrected chi connectivity index (χ1v) is 8.23. The first-order chi connectivity index (χ1) is 10.1. The zero-order valence-corrected chi connectivity index (χ0v) is 13.3. The Morgan fingerprint density at radius 2 is 2.19 bits per heavy atom. The Bertz CT molecular complexity index is 528. The van der Waals surface area contributed by atoms with E-state index in [-0.39, 0.29) is 17.3 Å². The number of hydrogen-bond donors (Lipinski definition) is 0. The minimum Gasteiger partial charge on any atom is -0.484 e. The van der Waals surface area contributed by atoms with Crippen LogP contribution in [0.3, 0.4) is 0 Å². The van der Waals surface area contributed by atoms with Crippen molar-refractivity contribution in [1.29, 1.82) is 0 Å². The third-order valence-corrected chi connectivity index (χ3v) is 5.84. The number of para-hydroxylation sites is 1. The Labute approximate surface area is 129 Å². The molecule has 1 aromatic carbocycles. The molecule has 1 aromatic rings. The average Bonchev–Trinajstić information content (AvgIpc) is 2.89. The van der Waals surface area contributed by atoms with Gasteiger partial charge in [0.25, 0.3) is 5.91 Å². The number of aryl methyl sites for hydroxylation is 1. The molecule has 3 rings (SSSR count). The van der Waals surface area contributed by atoms with E-state index in [4.69, 9.17) is 9.47 Å². The largest absolute Gasteiger partial charge is 0.484 e. The molecule has 0 unspecified atom stereocenters. The summed E-state index contributed by atoms with van der Waals surface area (Å²) in [7, 11) is 1.77. The fourth-order valence-corrected chi connectivity index (χ4v) is 4.54. The van der Waals surface area contributed by atoms with Gasteiger partial charge in [-0.25, -0.2) is 0 Å². The van der Waals surface area contributed by atoms with Gasteiger partial charge in [-0.05, 0) is 25.0 Å². The molecule has 114 valence electrons. The third-order valence-electron chi connectivity index (χ3n) is 4.26. The molecular weight excluding hydrogens is 286 g/mol. The highest BCUT2D eigenvalue weighted by atomic mass is 32.2. The first kappa shape index (κ1) is 14.7. The van der Waals surface area contributed by atoms with E-state index in [1.54, 1.807) is 7.11 Å². The van der Waals surface area contributed by atoms with Crippen molar-refractivity contribution in [1.82, 2.24) is 4.90 Å². The van der Waals surface area contributed by atoms with Crippen molar-refractivity contribution in [2.45, 2.75) is 24.2 Å². The standard InChI is InChI=1S/C16H21NO3S/c1-12-5-3-4-6-14(12)20-8-15(18)17-10-16(11-17)7-13(19-2)9-21-16/h3-6,13H,7-11H2,1-2H3/t13-/m0/s1. The Morgan fingerprint density at radius 1 is 1.43 bits per heavy atom. The number of likely N-dealkylation sites (tertiary alicyclic amines) is 1. The summed E-state index contributed by atoms with van der Waals surface area (Å²) in [4.78, 5) is 14.1. The second-order valence-electron chi connectivity index (χ2n) is 5.86. The SMILES string of the molecule is CO[C@@H]1CSC2(C1)CN(C(=O)COc1ccccc1C)C2. The molecule has 2 heterocycles. The molecule has 0 aliphatic carbocycles. The summed E-state index contributed by atoms with van der Waals surface area (Å²) in [6, 6.07) is 7.77. The third kappa shape index (κ3) is 3.04. The van der Waals surface area contributed by atoms with E-state index in [9.17, 15) is 4.79 Å². The van der Waals surface area contributed by atoms with Gasteiger partial charge in [-0.15, -0.1) is 11.8 Å². The summed E-state index contributed by atoms with van der Waals surface area (Å²) in [5.74, 6) is 1.90. The number of thioether (sulfide) groups is 1. The van der Waals surface area contributed by atoms with Gasteiger partial charge in [0.15, 0.2) is 6.61 Å². The van der Waals surface area contributed by atoms with E-state index in [1.165, 1.54) is 0 Å². The summed E-state index contributed by atoms with van der Waals surface area (Å²) >= 11 is 1.94. The highest BCUT2D eigenvalue weighted by Gasteiger charge is 2.50. The number of amides is 1. The molecule has 5 heteroatoms. The van der Waals surface area contributed by atoms with Crippen molar-refractivity contribution in [2.75, 3.05) is 32.6 Å². The van der Waals surface area contributed by atoms with Crippen LogP contribution in [0.2, 0.25) is 0 Å². The van der Waals surface area contributed by atoms with Crippen LogP contribution in [0.15, 0.2) is 24.3 Å². The maximum atomic E-state index is 12.2. The van der Waals surface area contributed by atoms with Crippen molar-refractivity contribution in [2.24, 2.45) is 0 Å². The van der Waals surface area contributed by atoms with E-state index < -0.39 is 0 Å². The predicted molar refractivity (Wildman–Crippen MR) is 83.9 cm³/mol. The number of methoxy groups -OCH3 is 1. The zero-order chi connectivity index (χ0) is 14.9. The lowest BCUT2D eigenvalue weighted by molar-refractivity contribution is -0.138. The van der Waals surface area contributed by atoms with Crippen LogP contribution in [0.4, 0.5) is 0 Å². The van der Waals surface area contributed by atoms with Gasteiger partial charge in [0, 0.05) is 26.0 Å². The molecule has 0 aromatic heterocycles. The van der Waals surface area contributed by atoms with Crippen LogP contribution in [0.25, 0.3) is 0 Å². The summed E-state index contributed by atoms with van der Waals surface area (Å²) in [6.45, 7) is 3.76. The Balaban J connectivity index is 1.47. The van der Waals surface area contributed by atoms with Gasteiger partial charge in [0.1, 0.15) is 5.75 Å². The van der Waals surface area contributed by atoms with E-state index >= 15 is 0 Å². The minimum absolute atomic E-state index is 0.0744. The summed E-state index contributed by atoms with van der Waals surface area (Å²) < 4.78 is 11.3. The molecule has 4 nitrogen and oxygen atoms in total. The van der Waals surface area contributed by atoms with Gasteiger partial charge in [-0.1, -0.05) is 18.2 Å². The summed E-state index contributed by atoms with van der Waals surface area (Å²) in [5.41, 5.74) is 1.06. The minimum atomic E-state index is 0.0744. The normalized spacial score (nSPS) is 23.1. The number of rotatable bonds is 4. The Kier molecular flexibility index (Phi) is 4.13. The molecule has 0 radical (unpaired) electrons. The number of benzene rings is 1. The summed E-state index contributed by atoms with van der Waals surface area (Å²) in [5, 5.41) is 0. The number of carbonyl (C=O) groups excluding carboxylic acids is 1. The van der Waals surface area contributed by atoms with Gasteiger partial charge in [0.05, 0.1) is 10.9 Å². The number of ether oxygens (including phenoxy) is 2. The molecule has 1 spiro atoms. The van der Waals surface area contributed by atoms with Crippen molar-refractivity contribution in [3.63, 3.8) is 0 Å². The average molecular weight is 307 g/mol. The zero-order valence-electron chi connectivity index (χ0n) is 12.5. The predicted octanol–water partition coefficient (Wildman–Crippen LogP) is 2.11. The summed E-state index contributed by atoms with van der Waals surface area (Å²) in [6.07, 6.45) is 1.40. The van der Waals surface area contributed by atoms with Crippen molar-refractivity contribution < 1.29 is 14.3 Å². The highest BCUT2D eigenvalue weighted by Crippen LogP contribution is 2.45. The molecule has 1 amide bonds. The lowest BCUT2D eigenvalue weighted by Crippen LogP contribution is -2.61. The van der Waals surface area contributed by atoms with Crippen molar-refractivity contribution >= 4 is 17.7 Å². The fraction of sp³-hybridized carbons (Fsp3) is 0.562. The van der Waals surface area contributed by atoms with E-state index in [1.807, 2.05) is 47.9 Å². The molecular formula is C16H21NO3S. The monoisotopic (exact) mass is 307 g/mol. The van der Waals surface area contributed by atoms with Gasteiger partial charge >= 0.3 is 0 Å². The topological polar surface area (TPSA) is 38.8 Å². The molecule has 2 aliphatic heterocycles. The van der Waals surface area contributed by atoms with Gasteiger partial charge in [-0.2, -0.15) is 0 Å². The molecule has 1 atom stereocenters. The number of hydrogen-bond acceptors (Lipinski definition) is 4. The van der Waals surface area contributed by atoms with Gasteiger partial charge in [-0.3, -0.25) is 4.79 Å². The van der Waals surface area contributed by atoms with E-state index in [0.717, 1.165) is 36.6 Å². The highest BCUT2D eigenvalue weighted by molar-refractivity contribution is 8.01. The molecule has 0 bridgehead atoms. The van der Waals surface area contributed by atoms with Crippen LogP contribution in [-0.2, 0) is 9.53 Å². The van der Waals surface area contributed by atoms with Crippen molar-refractivity contribution in [3.8, 4) is 5.75 Å². The molecule has 21 heavy (non-hydrogen) atoms. The van der Waals surface area contributed by atoms with E-state index in [0.29, 0.717) is 6.10 Å². The molecule has 2 fully saturated rings. The Morgan fingerprint density at radius 3 is 2.86 bits per heavy atom. The lowest BCUT2D eigenvalue weighted by atomic mass is 9.93. The van der Waals surface area contributed by atoms with Crippen LogP contribution in [0.1, 0.15) is 12.0 Å².